The molecule has 0 unspecified atom stereocenters. The minimum Gasteiger partial charge on any atom is -0.470 e. The molecule has 7 heteroatoms. The van der Waals surface area contributed by atoms with Crippen LogP contribution in [-0.4, -0.2) is 43.4 Å². The summed E-state index contributed by atoms with van der Waals surface area (Å²) in [6, 6.07) is 7.18. The van der Waals surface area contributed by atoms with E-state index in [-0.39, 0.29) is 5.90 Å². The van der Waals surface area contributed by atoms with Gasteiger partial charge in [0.05, 0.1) is 6.21 Å². The van der Waals surface area contributed by atoms with Gasteiger partial charge >= 0.3 is 0 Å². The van der Waals surface area contributed by atoms with Gasteiger partial charge in [-0.05, 0) is 5.16 Å². The molecule has 0 saturated carbocycles. The highest BCUT2D eigenvalue weighted by atomic mass is 16.7. The fourth-order valence-electron chi connectivity index (χ4n) is 1.60. The Kier molecular flexibility index (Phi) is 4.33. The first-order valence-corrected chi connectivity index (χ1v) is 5.58. The van der Waals surface area contributed by atoms with Gasteiger partial charge < -0.3 is 19.6 Å². The molecule has 0 amide bonds. The largest absolute Gasteiger partial charge is 0.470 e. The van der Waals surface area contributed by atoms with Gasteiger partial charge in [-0.3, -0.25) is 0 Å². The van der Waals surface area contributed by atoms with Gasteiger partial charge in [-0.15, -0.1) is 0 Å². The summed E-state index contributed by atoms with van der Waals surface area (Å²) in [5.41, 5.74) is 1.68. The van der Waals surface area contributed by atoms with Crippen molar-refractivity contribution in [2.75, 3.05) is 20.3 Å². The van der Waals surface area contributed by atoms with Crippen molar-refractivity contribution in [2.45, 2.75) is 0 Å². The molecular weight excluding hydrogens is 250 g/mol. The maximum atomic E-state index is 8.68. The normalized spacial score (nSPS) is 15.6. The van der Waals surface area contributed by atoms with E-state index in [9.17, 15) is 0 Å². The molecule has 0 aliphatic carbocycles. The maximum absolute atomic E-state index is 8.68. The van der Waals surface area contributed by atoms with Crippen molar-refractivity contribution in [1.82, 2.24) is 0 Å². The molecule has 0 aromatic heterocycles. The summed E-state index contributed by atoms with van der Waals surface area (Å²) in [5, 5.41) is 19.4. The van der Waals surface area contributed by atoms with Crippen LogP contribution in [0.2, 0.25) is 0 Å². The monoisotopic (exact) mass is 263 g/mol. The van der Waals surface area contributed by atoms with Crippen molar-refractivity contribution in [3.05, 3.63) is 35.4 Å². The summed E-state index contributed by atoms with van der Waals surface area (Å²) in [7, 11) is 1.42. The maximum Gasteiger partial charge on any atom is 0.280 e. The molecule has 0 atom stereocenters. The second kappa shape index (κ2) is 6.39. The van der Waals surface area contributed by atoms with Crippen molar-refractivity contribution in [3.63, 3.8) is 0 Å². The Balaban J connectivity index is 2.45. The smallest absolute Gasteiger partial charge is 0.280 e. The molecule has 7 nitrogen and oxygen atoms in total. The van der Waals surface area contributed by atoms with Gasteiger partial charge in [0.15, 0.2) is 12.3 Å². The molecule has 2 rings (SSSR count). The van der Waals surface area contributed by atoms with Crippen LogP contribution in [0, 0.1) is 0 Å². The number of hydrogen-bond donors (Lipinski definition) is 1. The van der Waals surface area contributed by atoms with E-state index in [1.54, 1.807) is 12.1 Å². The molecule has 1 aliphatic heterocycles. The van der Waals surface area contributed by atoms with Gasteiger partial charge in [-0.2, -0.15) is 0 Å². The fraction of sp³-hybridized carbons (Fsp3) is 0.250. The Bertz CT molecular complexity index is 525. The zero-order valence-corrected chi connectivity index (χ0v) is 10.3. The Hall–Kier alpha value is -2.57. The van der Waals surface area contributed by atoms with Gasteiger partial charge in [0.2, 0.25) is 0 Å². The third kappa shape index (κ3) is 3.01. The lowest BCUT2D eigenvalue weighted by Gasteiger charge is -2.15. The Labute approximate surface area is 109 Å². The fourth-order valence-corrected chi connectivity index (χ4v) is 1.60. The third-order valence-corrected chi connectivity index (χ3v) is 2.36. The molecule has 0 spiro atoms. The highest BCUT2D eigenvalue weighted by Crippen LogP contribution is 2.12. The zero-order valence-electron chi connectivity index (χ0n) is 10.3. The van der Waals surface area contributed by atoms with Crippen molar-refractivity contribution >= 4 is 17.8 Å². The van der Waals surface area contributed by atoms with E-state index in [2.05, 4.69) is 15.5 Å². The molecule has 1 N–H and O–H groups in total. The van der Waals surface area contributed by atoms with Crippen LogP contribution in [0.25, 0.3) is 0 Å². The van der Waals surface area contributed by atoms with E-state index in [4.69, 9.17) is 19.6 Å². The lowest BCUT2D eigenvalue weighted by Crippen LogP contribution is -2.26. The van der Waals surface area contributed by atoms with E-state index >= 15 is 0 Å². The van der Waals surface area contributed by atoms with Crippen LogP contribution in [0.3, 0.4) is 0 Å². The van der Waals surface area contributed by atoms with Gasteiger partial charge in [0.1, 0.15) is 13.7 Å². The van der Waals surface area contributed by atoms with E-state index < -0.39 is 0 Å². The molecule has 1 aliphatic rings. The van der Waals surface area contributed by atoms with E-state index in [0.29, 0.717) is 30.1 Å². The van der Waals surface area contributed by atoms with Crippen LogP contribution in [0.1, 0.15) is 11.1 Å². The van der Waals surface area contributed by atoms with Crippen LogP contribution in [0.15, 0.2) is 39.7 Å². The van der Waals surface area contributed by atoms with Crippen LogP contribution >= 0.6 is 0 Å². The molecule has 1 heterocycles. The summed E-state index contributed by atoms with van der Waals surface area (Å²) >= 11 is 0. The van der Waals surface area contributed by atoms with Gasteiger partial charge in [-0.1, -0.05) is 34.6 Å². The van der Waals surface area contributed by atoms with Gasteiger partial charge in [0, 0.05) is 11.1 Å². The third-order valence-electron chi connectivity index (χ3n) is 2.36. The average Bonchev–Trinajstić information content (AvgIpc) is 2.47. The first kappa shape index (κ1) is 12.9. The number of ether oxygens (including phenoxy) is 1. The standard InChI is InChI=1S/C12H13N3O4/c1-17-14-11(12-15-19-7-6-18-12)10-5-3-2-4-9(10)8-13-16/h2-5,8,16H,6-7H2,1H3/b13-8+,14-11+. The molecular formula is C12H13N3O4. The summed E-state index contributed by atoms with van der Waals surface area (Å²) in [6.07, 6.45) is 1.30. The SMILES string of the molecule is CO/N=C(/C1=NOCCO1)c1ccccc1/C=N/O. The Morgan fingerprint density at radius 1 is 1.42 bits per heavy atom. The topological polar surface area (TPSA) is 85.0 Å². The van der Waals surface area contributed by atoms with Crippen LogP contribution in [0.5, 0.6) is 0 Å². The van der Waals surface area contributed by atoms with Gasteiger partial charge in [0.25, 0.3) is 5.90 Å². The lowest BCUT2D eigenvalue weighted by molar-refractivity contribution is 0.0672. The molecule has 1 aromatic rings. The van der Waals surface area contributed by atoms with Crippen LogP contribution in [0.4, 0.5) is 0 Å². The minimum atomic E-state index is 0.229. The Morgan fingerprint density at radius 2 is 2.26 bits per heavy atom. The van der Waals surface area contributed by atoms with E-state index in [1.165, 1.54) is 13.3 Å². The first-order valence-electron chi connectivity index (χ1n) is 5.58. The summed E-state index contributed by atoms with van der Waals surface area (Å²) < 4.78 is 5.39. The average molecular weight is 263 g/mol. The predicted molar refractivity (Wildman–Crippen MR) is 68.7 cm³/mol. The number of oxime groups is 3. The molecule has 100 valence electrons. The van der Waals surface area contributed by atoms with Crippen LogP contribution in [-0.2, 0) is 14.4 Å². The van der Waals surface area contributed by atoms with Gasteiger partial charge in [-0.25, -0.2) is 0 Å². The Morgan fingerprint density at radius 3 is 2.95 bits per heavy atom. The lowest BCUT2D eigenvalue weighted by atomic mass is 10.0. The second-order valence-corrected chi connectivity index (χ2v) is 3.53. The number of hydrogen-bond acceptors (Lipinski definition) is 7. The van der Waals surface area contributed by atoms with Crippen molar-refractivity contribution in [2.24, 2.45) is 15.5 Å². The summed E-state index contributed by atoms with van der Waals surface area (Å²) in [6.45, 7) is 0.779. The number of rotatable bonds is 4. The summed E-state index contributed by atoms with van der Waals surface area (Å²) in [4.78, 5) is 9.78. The molecule has 0 radical (unpaired) electrons. The molecule has 19 heavy (non-hydrogen) atoms. The second-order valence-electron chi connectivity index (χ2n) is 3.53. The quantitative estimate of drug-likeness (QED) is 0.502. The molecule has 0 fully saturated rings. The zero-order chi connectivity index (χ0) is 13.5. The van der Waals surface area contributed by atoms with Crippen molar-refractivity contribution < 1.29 is 19.6 Å². The van der Waals surface area contributed by atoms with Crippen LogP contribution < -0.4 is 0 Å². The summed E-state index contributed by atoms with van der Waals surface area (Å²) in [5.74, 6) is 0.229. The number of nitrogens with zero attached hydrogens (tertiary/aromatic N) is 3. The van der Waals surface area contributed by atoms with E-state index in [0.717, 1.165) is 0 Å². The van der Waals surface area contributed by atoms with Crippen molar-refractivity contribution in [3.8, 4) is 0 Å². The molecule has 0 saturated heterocycles. The molecule has 1 aromatic carbocycles. The number of benzene rings is 1. The predicted octanol–water partition coefficient (Wildman–Crippen LogP) is 1.21. The minimum absolute atomic E-state index is 0.229. The molecule has 0 bridgehead atoms. The highest BCUT2D eigenvalue weighted by molar-refractivity contribution is 6.46. The highest BCUT2D eigenvalue weighted by Gasteiger charge is 2.20. The van der Waals surface area contributed by atoms with E-state index in [1.807, 2.05) is 12.1 Å². The first-order chi connectivity index (χ1) is 9.36. The van der Waals surface area contributed by atoms with Crippen molar-refractivity contribution in [1.29, 1.82) is 0 Å².